The monoisotopic (exact) mass is 333 g/mol. The van der Waals surface area contributed by atoms with E-state index in [9.17, 15) is 4.79 Å². The number of carbonyl (C=O) groups is 1. The Kier molecular flexibility index (Phi) is 4.70. The van der Waals surface area contributed by atoms with Crippen LogP contribution in [0.4, 0.5) is 11.6 Å². The Bertz CT molecular complexity index is 876. The maximum absolute atomic E-state index is 12.6. The molecule has 6 heteroatoms. The van der Waals surface area contributed by atoms with Gasteiger partial charge in [-0.25, -0.2) is 9.97 Å². The van der Waals surface area contributed by atoms with Crippen LogP contribution in [-0.4, -0.2) is 35.0 Å². The van der Waals surface area contributed by atoms with Crippen LogP contribution >= 0.6 is 0 Å². The highest BCUT2D eigenvalue weighted by Gasteiger charge is 2.14. The van der Waals surface area contributed by atoms with Crippen molar-refractivity contribution in [1.29, 1.82) is 0 Å². The molecule has 0 saturated carbocycles. The number of carbonyl (C=O) groups excluding carboxylic acids is 1. The lowest BCUT2D eigenvalue weighted by molar-refractivity contribution is 0.102. The zero-order valence-corrected chi connectivity index (χ0v) is 14.4. The zero-order chi connectivity index (χ0) is 17.8. The number of rotatable bonds is 4. The van der Waals surface area contributed by atoms with Gasteiger partial charge >= 0.3 is 0 Å². The molecule has 0 unspecified atom stereocenters. The summed E-state index contributed by atoms with van der Waals surface area (Å²) in [5, 5.41) is 2.84. The number of hydrogen-bond donors (Lipinski definition) is 1. The summed E-state index contributed by atoms with van der Waals surface area (Å²) in [6.07, 6.45) is 4.93. The predicted octanol–water partition coefficient (Wildman–Crippen LogP) is 3.17. The van der Waals surface area contributed by atoms with Gasteiger partial charge in [-0.15, -0.1) is 0 Å². The smallest absolute Gasteiger partial charge is 0.256 e. The number of amides is 1. The molecule has 1 aromatic carbocycles. The summed E-state index contributed by atoms with van der Waals surface area (Å²) < 4.78 is 0. The summed E-state index contributed by atoms with van der Waals surface area (Å²) in [7, 11) is 3.72. The molecule has 126 valence electrons. The fraction of sp³-hybridized carbons (Fsp3) is 0.158. The van der Waals surface area contributed by atoms with Crippen molar-refractivity contribution in [3.63, 3.8) is 0 Å². The normalized spacial score (nSPS) is 10.4. The first-order valence-electron chi connectivity index (χ1n) is 7.88. The maximum Gasteiger partial charge on any atom is 0.256 e. The summed E-state index contributed by atoms with van der Waals surface area (Å²) in [4.78, 5) is 27.2. The highest BCUT2D eigenvalue weighted by atomic mass is 16.1. The molecule has 0 spiro atoms. The summed E-state index contributed by atoms with van der Waals surface area (Å²) in [5.41, 5.74) is 3.81. The summed E-state index contributed by atoms with van der Waals surface area (Å²) in [5.74, 6) is 0.391. The van der Waals surface area contributed by atoms with E-state index < -0.39 is 0 Å². The second kappa shape index (κ2) is 7.09. The minimum Gasteiger partial charge on any atom is -0.347 e. The lowest BCUT2D eigenvalue weighted by Gasteiger charge is -2.12. The summed E-state index contributed by atoms with van der Waals surface area (Å²) in [6, 6.07) is 11.3. The fourth-order valence-electron chi connectivity index (χ4n) is 2.50. The first-order valence-corrected chi connectivity index (χ1v) is 7.88. The van der Waals surface area contributed by atoms with Crippen molar-refractivity contribution in [3.05, 3.63) is 66.1 Å². The topological polar surface area (TPSA) is 71.0 Å². The third-order valence-electron chi connectivity index (χ3n) is 3.82. The number of hydrogen-bond acceptors (Lipinski definition) is 5. The molecule has 3 aromatic rings. The van der Waals surface area contributed by atoms with Gasteiger partial charge in [0.25, 0.3) is 5.91 Å². The van der Waals surface area contributed by atoms with Gasteiger partial charge in [0, 0.05) is 31.4 Å². The first-order chi connectivity index (χ1) is 12.1. The van der Waals surface area contributed by atoms with E-state index in [0.717, 1.165) is 16.8 Å². The van der Waals surface area contributed by atoms with E-state index >= 15 is 0 Å². The van der Waals surface area contributed by atoms with E-state index in [1.165, 1.54) is 0 Å². The largest absolute Gasteiger partial charge is 0.347 e. The van der Waals surface area contributed by atoms with Crippen molar-refractivity contribution in [2.45, 2.75) is 6.92 Å². The van der Waals surface area contributed by atoms with Gasteiger partial charge in [-0.05, 0) is 30.7 Å². The second-order valence-corrected chi connectivity index (χ2v) is 5.81. The van der Waals surface area contributed by atoms with E-state index in [1.54, 1.807) is 29.6 Å². The van der Waals surface area contributed by atoms with Crippen molar-refractivity contribution in [3.8, 4) is 11.3 Å². The van der Waals surface area contributed by atoms with Gasteiger partial charge in [0.1, 0.15) is 0 Å². The molecule has 1 N–H and O–H groups in total. The van der Waals surface area contributed by atoms with Crippen LogP contribution in [0.2, 0.25) is 0 Å². The zero-order valence-electron chi connectivity index (χ0n) is 14.4. The number of nitrogens with one attached hydrogen (secondary N) is 1. The van der Waals surface area contributed by atoms with Crippen molar-refractivity contribution in [2.75, 3.05) is 24.3 Å². The van der Waals surface area contributed by atoms with Crippen LogP contribution in [0.15, 0.2) is 55.0 Å². The van der Waals surface area contributed by atoms with Crippen LogP contribution in [0.1, 0.15) is 15.9 Å². The van der Waals surface area contributed by atoms with Gasteiger partial charge in [0.2, 0.25) is 5.95 Å². The Morgan fingerprint density at radius 1 is 1.00 bits per heavy atom. The average Bonchev–Trinajstić information content (AvgIpc) is 2.63. The van der Waals surface area contributed by atoms with Crippen LogP contribution in [0, 0.1) is 6.92 Å². The van der Waals surface area contributed by atoms with Crippen molar-refractivity contribution in [1.82, 2.24) is 15.0 Å². The molecule has 0 bridgehead atoms. The Labute approximate surface area is 146 Å². The maximum atomic E-state index is 12.6. The van der Waals surface area contributed by atoms with E-state index in [1.807, 2.05) is 51.4 Å². The predicted molar refractivity (Wildman–Crippen MR) is 98.7 cm³/mol. The molecule has 0 atom stereocenters. The van der Waals surface area contributed by atoms with Gasteiger partial charge in [0.15, 0.2) is 0 Å². The standard InChI is InChI=1S/C19H19N5O/c1-13-15(17-9-4-5-10-20-17)7-6-8-16(13)18(25)23-14-11-21-19(22-12-14)24(2)3/h4-12H,1-3H3,(H,23,25). The summed E-state index contributed by atoms with van der Waals surface area (Å²) in [6.45, 7) is 1.92. The number of nitrogens with zero attached hydrogens (tertiary/aromatic N) is 4. The number of aromatic nitrogens is 3. The molecule has 6 nitrogen and oxygen atoms in total. The molecule has 0 radical (unpaired) electrons. The molecule has 0 aliphatic heterocycles. The Morgan fingerprint density at radius 2 is 1.76 bits per heavy atom. The second-order valence-electron chi connectivity index (χ2n) is 5.81. The van der Waals surface area contributed by atoms with Gasteiger partial charge < -0.3 is 10.2 Å². The SMILES string of the molecule is Cc1c(C(=O)Nc2cnc(N(C)C)nc2)cccc1-c1ccccn1. The Hall–Kier alpha value is -3.28. The number of benzene rings is 1. The van der Waals surface area contributed by atoms with Crippen LogP contribution in [0.5, 0.6) is 0 Å². The van der Waals surface area contributed by atoms with E-state index in [-0.39, 0.29) is 5.91 Å². The number of anilines is 2. The highest BCUT2D eigenvalue weighted by Crippen LogP contribution is 2.24. The van der Waals surface area contributed by atoms with Gasteiger partial charge in [0.05, 0.1) is 23.8 Å². The molecule has 1 amide bonds. The molecule has 0 saturated heterocycles. The van der Waals surface area contributed by atoms with E-state index in [2.05, 4.69) is 20.3 Å². The van der Waals surface area contributed by atoms with E-state index in [0.29, 0.717) is 17.2 Å². The van der Waals surface area contributed by atoms with Crippen molar-refractivity contribution in [2.24, 2.45) is 0 Å². The van der Waals surface area contributed by atoms with Crippen LogP contribution in [0.25, 0.3) is 11.3 Å². The highest BCUT2D eigenvalue weighted by molar-refractivity contribution is 6.06. The molecule has 0 aliphatic rings. The molecule has 25 heavy (non-hydrogen) atoms. The molecule has 2 heterocycles. The van der Waals surface area contributed by atoms with Crippen molar-refractivity contribution >= 4 is 17.5 Å². The van der Waals surface area contributed by atoms with Crippen molar-refractivity contribution < 1.29 is 4.79 Å². The third-order valence-corrected chi connectivity index (χ3v) is 3.82. The van der Waals surface area contributed by atoms with Crippen LogP contribution in [0.3, 0.4) is 0 Å². The molecule has 3 rings (SSSR count). The van der Waals surface area contributed by atoms with E-state index in [4.69, 9.17) is 0 Å². The number of pyridine rings is 1. The first kappa shape index (κ1) is 16.6. The average molecular weight is 333 g/mol. The quantitative estimate of drug-likeness (QED) is 0.794. The van der Waals surface area contributed by atoms with Crippen LogP contribution < -0.4 is 10.2 Å². The Balaban J connectivity index is 1.85. The Morgan fingerprint density at radius 3 is 2.40 bits per heavy atom. The molecule has 2 aromatic heterocycles. The van der Waals surface area contributed by atoms with Crippen LogP contribution in [-0.2, 0) is 0 Å². The summed E-state index contributed by atoms with van der Waals surface area (Å²) >= 11 is 0. The molecular formula is C19H19N5O. The third kappa shape index (κ3) is 3.63. The van der Waals surface area contributed by atoms with Gasteiger partial charge in [-0.2, -0.15) is 0 Å². The minimum absolute atomic E-state index is 0.198. The lowest BCUT2D eigenvalue weighted by Crippen LogP contribution is -2.16. The van der Waals surface area contributed by atoms with Gasteiger partial charge in [-0.3, -0.25) is 9.78 Å². The molecule has 0 aliphatic carbocycles. The minimum atomic E-state index is -0.198. The molecule has 0 fully saturated rings. The molecular weight excluding hydrogens is 314 g/mol. The fourth-order valence-corrected chi connectivity index (χ4v) is 2.50. The lowest BCUT2D eigenvalue weighted by atomic mass is 9.99. The van der Waals surface area contributed by atoms with Gasteiger partial charge in [-0.1, -0.05) is 18.2 Å².